The molecule has 0 spiro atoms. The van der Waals surface area contributed by atoms with Crippen LogP contribution in [0.25, 0.3) is 0 Å². The van der Waals surface area contributed by atoms with E-state index in [9.17, 15) is 9.00 Å². The maximum atomic E-state index is 12.4. The number of hydrogen-bond acceptors (Lipinski definition) is 3. The van der Waals surface area contributed by atoms with E-state index in [0.717, 1.165) is 17.8 Å². The van der Waals surface area contributed by atoms with Gasteiger partial charge in [0.2, 0.25) is 5.91 Å². The molecule has 2 N–H and O–H groups in total. The first-order valence-corrected chi connectivity index (χ1v) is 11.4. The van der Waals surface area contributed by atoms with E-state index in [1.54, 1.807) is 4.90 Å². The second kappa shape index (κ2) is 10.8. The summed E-state index contributed by atoms with van der Waals surface area (Å²) in [4.78, 5) is 18.7. The molecule has 1 fully saturated rings. The van der Waals surface area contributed by atoms with E-state index in [4.69, 9.17) is 0 Å². The zero-order valence-corrected chi connectivity index (χ0v) is 17.5. The van der Waals surface area contributed by atoms with E-state index in [2.05, 4.69) is 15.6 Å². The third-order valence-corrected chi connectivity index (χ3v) is 5.93. The summed E-state index contributed by atoms with van der Waals surface area (Å²) in [7, 11) is -0.957. The zero-order chi connectivity index (χ0) is 20.5. The van der Waals surface area contributed by atoms with Crippen LogP contribution < -0.4 is 15.5 Å². The lowest BCUT2D eigenvalue weighted by Gasteiger charge is -2.19. The Kier molecular flexibility index (Phi) is 7.81. The van der Waals surface area contributed by atoms with Gasteiger partial charge in [0.1, 0.15) is 0 Å². The molecule has 0 radical (unpaired) electrons. The van der Waals surface area contributed by atoms with E-state index in [-0.39, 0.29) is 11.9 Å². The first kappa shape index (κ1) is 21.0. The number of hydrogen-bond donors (Lipinski definition) is 2. The van der Waals surface area contributed by atoms with Crippen LogP contribution in [0.3, 0.4) is 0 Å². The van der Waals surface area contributed by atoms with Gasteiger partial charge in [0.05, 0.1) is 12.6 Å². The maximum Gasteiger partial charge on any atom is 0.229 e. The number of guanidine groups is 1. The number of nitrogens with one attached hydrogen (secondary N) is 2. The van der Waals surface area contributed by atoms with Crippen LogP contribution in [0.1, 0.15) is 18.9 Å². The molecule has 6 nitrogen and oxygen atoms in total. The van der Waals surface area contributed by atoms with Gasteiger partial charge in [-0.1, -0.05) is 48.5 Å². The van der Waals surface area contributed by atoms with Crippen molar-refractivity contribution < 1.29 is 9.00 Å². The Labute approximate surface area is 174 Å². The van der Waals surface area contributed by atoms with E-state index < -0.39 is 10.8 Å². The summed E-state index contributed by atoms with van der Waals surface area (Å²) >= 11 is 0. The van der Waals surface area contributed by atoms with Crippen LogP contribution >= 0.6 is 0 Å². The molecule has 1 heterocycles. The molecule has 154 valence electrons. The highest BCUT2D eigenvalue weighted by Gasteiger charge is 2.31. The molecule has 7 heteroatoms. The van der Waals surface area contributed by atoms with Crippen LogP contribution in [0.4, 0.5) is 5.69 Å². The average Bonchev–Trinajstić information content (AvgIpc) is 3.09. The van der Waals surface area contributed by atoms with E-state index >= 15 is 0 Å². The maximum absolute atomic E-state index is 12.4. The summed E-state index contributed by atoms with van der Waals surface area (Å²) in [6.45, 7) is 3.80. The molecular formula is C22H28N4O2S. The number of rotatable bonds is 8. The third-order valence-electron chi connectivity index (χ3n) is 4.64. The highest BCUT2D eigenvalue weighted by molar-refractivity contribution is 7.84. The van der Waals surface area contributed by atoms with Crippen molar-refractivity contribution in [2.45, 2.75) is 25.1 Å². The summed E-state index contributed by atoms with van der Waals surface area (Å²) in [6, 6.07) is 19.5. The smallest absolute Gasteiger partial charge is 0.229 e. The van der Waals surface area contributed by atoms with Crippen LogP contribution in [0, 0.1) is 0 Å². The molecule has 1 saturated heterocycles. The average molecular weight is 413 g/mol. The Morgan fingerprint density at radius 2 is 1.83 bits per heavy atom. The minimum Gasteiger partial charge on any atom is -0.357 e. The van der Waals surface area contributed by atoms with Crippen molar-refractivity contribution in [2.24, 2.45) is 4.99 Å². The number of benzene rings is 2. The Morgan fingerprint density at radius 3 is 2.52 bits per heavy atom. The van der Waals surface area contributed by atoms with Gasteiger partial charge in [0, 0.05) is 47.5 Å². The molecule has 1 aliphatic rings. The van der Waals surface area contributed by atoms with Crippen molar-refractivity contribution in [3.63, 3.8) is 0 Å². The van der Waals surface area contributed by atoms with E-state index in [0.29, 0.717) is 37.0 Å². The molecule has 1 aliphatic heterocycles. The summed E-state index contributed by atoms with van der Waals surface area (Å²) in [5.41, 5.74) is 1.99. The number of carbonyl (C=O) groups excluding carboxylic acids is 1. The lowest BCUT2D eigenvalue weighted by atomic mass is 10.2. The van der Waals surface area contributed by atoms with Gasteiger partial charge in [-0.05, 0) is 24.6 Å². The SMILES string of the molecule is CCNC(=NCCS(=O)Cc1ccccc1)NC1CC(=O)N(c2ccccc2)C1. The standard InChI is InChI=1S/C22H28N4O2S/c1-2-23-22(24-13-14-29(28)17-18-9-5-3-6-10-18)25-19-15-21(27)26(16-19)20-11-7-4-8-12-20/h3-12,19H,2,13-17H2,1H3,(H2,23,24,25). The largest absolute Gasteiger partial charge is 0.357 e. The van der Waals surface area contributed by atoms with Crippen LogP contribution in [0.5, 0.6) is 0 Å². The molecule has 1 amide bonds. The van der Waals surface area contributed by atoms with Gasteiger partial charge < -0.3 is 15.5 Å². The summed E-state index contributed by atoms with van der Waals surface area (Å²) < 4.78 is 12.3. The van der Waals surface area contributed by atoms with Gasteiger partial charge in [0.15, 0.2) is 5.96 Å². The normalized spacial score (nSPS) is 18.0. The predicted octanol–water partition coefficient (Wildman–Crippen LogP) is 2.30. The van der Waals surface area contributed by atoms with Crippen LogP contribution in [0.15, 0.2) is 65.7 Å². The van der Waals surface area contributed by atoms with Gasteiger partial charge in [-0.15, -0.1) is 0 Å². The first-order valence-electron chi connectivity index (χ1n) is 9.95. The van der Waals surface area contributed by atoms with Crippen molar-refractivity contribution in [3.8, 4) is 0 Å². The molecule has 2 unspecified atom stereocenters. The topological polar surface area (TPSA) is 73.8 Å². The second-order valence-electron chi connectivity index (χ2n) is 6.92. The highest BCUT2D eigenvalue weighted by Crippen LogP contribution is 2.20. The van der Waals surface area contributed by atoms with Gasteiger partial charge in [-0.25, -0.2) is 0 Å². The molecule has 3 rings (SSSR count). The van der Waals surface area contributed by atoms with Crippen LogP contribution in [-0.2, 0) is 21.3 Å². The molecule has 2 aromatic carbocycles. The second-order valence-corrected chi connectivity index (χ2v) is 8.50. The molecular weight excluding hydrogens is 384 g/mol. The molecule has 0 bridgehead atoms. The number of aliphatic imine (C=N–C) groups is 1. The summed E-state index contributed by atoms with van der Waals surface area (Å²) in [5, 5.41) is 6.56. The van der Waals surface area contributed by atoms with Crippen LogP contribution in [-0.4, -0.2) is 47.5 Å². The minimum atomic E-state index is -0.957. The molecule has 2 aromatic rings. The zero-order valence-electron chi connectivity index (χ0n) is 16.7. The van der Waals surface area contributed by atoms with Crippen LogP contribution in [0.2, 0.25) is 0 Å². The Hall–Kier alpha value is -2.67. The quantitative estimate of drug-likeness (QED) is 0.515. The fourth-order valence-electron chi connectivity index (χ4n) is 3.27. The molecule has 0 aliphatic carbocycles. The van der Waals surface area contributed by atoms with Crippen molar-refractivity contribution in [1.29, 1.82) is 0 Å². The first-order chi connectivity index (χ1) is 14.2. The lowest BCUT2D eigenvalue weighted by molar-refractivity contribution is -0.117. The summed E-state index contributed by atoms with van der Waals surface area (Å²) in [5.74, 6) is 1.82. The van der Waals surface area contributed by atoms with Crippen molar-refractivity contribution >= 4 is 28.4 Å². The van der Waals surface area contributed by atoms with Gasteiger partial charge in [-0.2, -0.15) is 0 Å². The predicted molar refractivity (Wildman–Crippen MR) is 119 cm³/mol. The molecule has 29 heavy (non-hydrogen) atoms. The Bertz CT molecular complexity index is 842. The third kappa shape index (κ3) is 6.42. The number of para-hydroxylation sites is 1. The fourth-order valence-corrected chi connectivity index (χ4v) is 4.27. The molecule has 2 atom stereocenters. The molecule has 0 saturated carbocycles. The van der Waals surface area contributed by atoms with Gasteiger partial charge in [0.25, 0.3) is 0 Å². The number of carbonyl (C=O) groups is 1. The highest BCUT2D eigenvalue weighted by atomic mass is 32.2. The monoisotopic (exact) mass is 412 g/mol. The van der Waals surface area contributed by atoms with E-state index in [1.807, 2.05) is 67.6 Å². The lowest BCUT2D eigenvalue weighted by Crippen LogP contribution is -2.44. The number of nitrogens with zero attached hydrogens (tertiary/aromatic N) is 2. The molecule has 0 aromatic heterocycles. The Balaban J connectivity index is 1.51. The summed E-state index contributed by atoms with van der Waals surface area (Å²) in [6.07, 6.45) is 0.430. The van der Waals surface area contributed by atoms with Crippen molar-refractivity contribution in [1.82, 2.24) is 10.6 Å². The van der Waals surface area contributed by atoms with Crippen molar-refractivity contribution in [3.05, 3.63) is 66.2 Å². The van der Waals surface area contributed by atoms with E-state index in [1.165, 1.54) is 0 Å². The van der Waals surface area contributed by atoms with Gasteiger partial charge in [-0.3, -0.25) is 14.0 Å². The number of amides is 1. The fraction of sp³-hybridized carbons (Fsp3) is 0.364. The minimum absolute atomic E-state index is 0.00433. The number of anilines is 1. The Morgan fingerprint density at radius 1 is 1.14 bits per heavy atom. The van der Waals surface area contributed by atoms with Crippen molar-refractivity contribution in [2.75, 3.05) is 30.3 Å². The van der Waals surface area contributed by atoms with Gasteiger partial charge >= 0.3 is 0 Å².